The van der Waals surface area contributed by atoms with Crippen LogP contribution in [0.1, 0.15) is 21.5 Å². The molecule has 0 aliphatic heterocycles. The van der Waals surface area contributed by atoms with Crippen molar-refractivity contribution in [3.63, 3.8) is 0 Å². The number of benzene rings is 2. The third kappa shape index (κ3) is 2.54. The normalized spacial score (nSPS) is 13.8. The zero-order valence-electron chi connectivity index (χ0n) is 12.7. The van der Waals surface area contributed by atoms with Crippen LogP contribution in [0.5, 0.6) is 5.75 Å². The summed E-state index contributed by atoms with van der Waals surface area (Å²) in [5.74, 6) is -0.693. The average molecular weight is 322 g/mol. The van der Waals surface area contributed by atoms with Crippen molar-refractivity contribution in [1.29, 1.82) is 0 Å². The summed E-state index contributed by atoms with van der Waals surface area (Å²) in [6.45, 7) is 0. The summed E-state index contributed by atoms with van der Waals surface area (Å²) >= 11 is 0. The van der Waals surface area contributed by atoms with Gasteiger partial charge in [0, 0.05) is 24.3 Å². The highest BCUT2D eigenvalue weighted by atomic mass is 16.5. The van der Waals surface area contributed by atoms with Crippen LogP contribution in [0.3, 0.4) is 0 Å². The van der Waals surface area contributed by atoms with Crippen LogP contribution in [0.2, 0.25) is 0 Å². The minimum atomic E-state index is -1.30. The maximum atomic E-state index is 11.7. The maximum absolute atomic E-state index is 11.7. The van der Waals surface area contributed by atoms with Crippen LogP contribution in [0.4, 0.5) is 0 Å². The Bertz CT molecular complexity index is 977. The Morgan fingerprint density at radius 2 is 1.79 bits per heavy atom. The van der Waals surface area contributed by atoms with Gasteiger partial charge >= 0.3 is 11.6 Å². The van der Waals surface area contributed by atoms with Gasteiger partial charge in [-0.25, -0.2) is 9.59 Å². The van der Waals surface area contributed by atoms with Gasteiger partial charge in [-0.3, -0.25) is 0 Å². The van der Waals surface area contributed by atoms with E-state index in [9.17, 15) is 9.59 Å². The molecule has 0 fully saturated rings. The number of hydrogen-bond acceptors (Lipinski definition) is 4. The van der Waals surface area contributed by atoms with Gasteiger partial charge in [-0.1, -0.05) is 24.3 Å². The first-order chi connectivity index (χ1) is 11.6. The first-order valence-corrected chi connectivity index (χ1v) is 7.65. The molecule has 1 N–H and O–H groups in total. The highest BCUT2D eigenvalue weighted by molar-refractivity contribution is 5.91. The molecule has 0 bridgehead atoms. The zero-order chi connectivity index (χ0) is 16.7. The van der Waals surface area contributed by atoms with E-state index in [2.05, 4.69) is 12.1 Å². The molecule has 0 spiro atoms. The quantitative estimate of drug-likeness (QED) is 0.750. The van der Waals surface area contributed by atoms with Crippen LogP contribution in [-0.2, 0) is 12.8 Å². The van der Waals surface area contributed by atoms with Crippen molar-refractivity contribution in [2.45, 2.75) is 18.9 Å². The molecule has 1 aromatic heterocycles. The van der Waals surface area contributed by atoms with Gasteiger partial charge in [0.2, 0.25) is 0 Å². The molecule has 0 amide bonds. The topological polar surface area (TPSA) is 76.7 Å². The van der Waals surface area contributed by atoms with Crippen molar-refractivity contribution in [3.05, 3.63) is 75.6 Å². The van der Waals surface area contributed by atoms with Gasteiger partial charge in [-0.05, 0) is 29.3 Å². The van der Waals surface area contributed by atoms with Crippen molar-refractivity contribution in [2.75, 3.05) is 0 Å². The molecular weight excluding hydrogens is 308 g/mol. The van der Waals surface area contributed by atoms with Crippen molar-refractivity contribution < 1.29 is 19.1 Å². The van der Waals surface area contributed by atoms with Crippen LogP contribution < -0.4 is 10.4 Å². The smallest absolute Gasteiger partial charge is 0.351 e. The van der Waals surface area contributed by atoms with E-state index in [1.54, 1.807) is 18.2 Å². The molecule has 0 saturated carbocycles. The van der Waals surface area contributed by atoms with Gasteiger partial charge in [0.15, 0.2) is 0 Å². The van der Waals surface area contributed by atoms with Gasteiger partial charge in [-0.15, -0.1) is 0 Å². The van der Waals surface area contributed by atoms with Crippen LogP contribution in [-0.4, -0.2) is 17.2 Å². The fraction of sp³-hybridized carbons (Fsp3) is 0.158. The van der Waals surface area contributed by atoms with Gasteiger partial charge in [0.25, 0.3) is 0 Å². The van der Waals surface area contributed by atoms with Crippen molar-refractivity contribution in [2.24, 2.45) is 0 Å². The second-order valence-corrected chi connectivity index (χ2v) is 5.87. The third-order valence-electron chi connectivity index (χ3n) is 4.25. The summed E-state index contributed by atoms with van der Waals surface area (Å²) in [7, 11) is 0. The summed E-state index contributed by atoms with van der Waals surface area (Å²) < 4.78 is 11.1. The number of carbonyl (C=O) groups is 1. The summed E-state index contributed by atoms with van der Waals surface area (Å²) in [4.78, 5) is 22.7. The van der Waals surface area contributed by atoms with E-state index >= 15 is 0 Å². The van der Waals surface area contributed by atoms with E-state index in [-0.39, 0.29) is 11.7 Å². The Morgan fingerprint density at radius 1 is 1.08 bits per heavy atom. The second kappa shape index (κ2) is 5.53. The molecule has 4 rings (SSSR count). The standard InChI is InChI=1S/C19H14O5/c20-18(21)16-9-13-5-6-14(10-17(13)24-19(16)22)23-15-7-11-3-1-2-4-12(11)8-15/h1-6,9-10,15H,7-8H2,(H,20,21). The summed E-state index contributed by atoms with van der Waals surface area (Å²) in [5, 5.41) is 9.52. The zero-order valence-corrected chi connectivity index (χ0v) is 12.7. The Kier molecular flexibility index (Phi) is 3.34. The molecule has 0 atom stereocenters. The number of aromatic carboxylic acids is 1. The molecule has 120 valence electrons. The van der Waals surface area contributed by atoms with Crippen molar-refractivity contribution in [1.82, 2.24) is 0 Å². The lowest BCUT2D eigenvalue weighted by atomic mass is 10.1. The van der Waals surface area contributed by atoms with Crippen LogP contribution in [0.25, 0.3) is 11.0 Å². The second-order valence-electron chi connectivity index (χ2n) is 5.87. The molecule has 1 aliphatic rings. The lowest BCUT2D eigenvalue weighted by Crippen LogP contribution is -2.16. The SMILES string of the molecule is O=C(O)c1cc2ccc(OC3Cc4ccccc4C3)cc2oc1=O. The molecule has 24 heavy (non-hydrogen) atoms. The third-order valence-corrected chi connectivity index (χ3v) is 4.25. The van der Waals surface area contributed by atoms with E-state index in [1.165, 1.54) is 17.2 Å². The lowest BCUT2D eigenvalue weighted by molar-refractivity contribution is 0.0692. The Balaban J connectivity index is 1.61. The van der Waals surface area contributed by atoms with Gasteiger partial charge in [0.05, 0.1) is 0 Å². The molecule has 1 aliphatic carbocycles. The minimum Gasteiger partial charge on any atom is -0.490 e. The number of carboxylic acid groups (broad SMARTS) is 1. The number of ether oxygens (including phenoxy) is 1. The molecule has 0 saturated heterocycles. The fourth-order valence-corrected chi connectivity index (χ4v) is 3.11. The Hall–Kier alpha value is -3.08. The van der Waals surface area contributed by atoms with E-state index in [4.69, 9.17) is 14.3 Å². The Labute approximate surface area is 137 Å². The number of hydrogen-bond donors (Lipinski definition) is 1. The lowest BCUT2D eigenvalue weighted by Gasteiger charge is -2.13. The first-order valence-electron chi connectivity index (χ1n) is 7.65. The number of carboxylic acids is 1. The molecule has 5 heteroatoms. The summed E-state index contributed by atoms with van der Waals surface area (Å²) in [6.07, 6.45) is 1.73. The molecule has 0 radical (unpaired) electrons. The highest BCUT2D eigenvalue weighted by Crippen LogP contribution is 2.27. The van der Waals surface area contributed by atoms with Gasteiger partial charge in [-0.2, -0.15) is 0 Å². The number of fused-ring (bicyclic) bond motifs is 2. The molecular formula is C19H14O5. The predicted octanol–water partition coefficient (Wildman–Crippen LogP) is 3.04. The largest absolute Gasteiger partial charge is 0.490 e. The summed E-state index contributed by atoms with van der Waals surface area (Å²) in [5.41, 5.74) is 1.67. The fourth-order valence-electron chi connectivity index (χ4n) is 3.11. The highest BCUT2D eigenvalue weighted by Gasteiger charge is 2.22. The van der Waals surface area contributed by atoms with Crippen molar-refractivity contribution in [3.8, 4) is 5.75 Å². The molecule has 0 unspecified atom stereocenters. The van der Waals surface area contributed by atoms with E-state index in [0.717, 1.165) is 12.8 Å². The first kappa shape index (κ1) is 14.5. The molecule has 2 aromatic carbocycles. The van der Waals surface area contributed by atoms with Crippen molar-refractivity contribution >= 4 is 16.9 Å². The number of rotatable bonds is 3. The predicted molar refractivity (Wildman–Crippen MR) is 87.7 cm³/mol. The maximum Gasteiger partial charge on any atom is 0.351 e. The monoisotopic (exact) mass is 322 g/mol. The van der Waals surface area contributed by atoms with Crippen LogP contribution in [0, 0.1) is 0 Å². The summed E-state index contributed by atoms with van der Waals surface area (Å²) in [6, 6.07) is 14.7. The van der Waals surface area contributed by atoms with Gasteiger partial charge in [0.1, 0.15) is 23.0 Å². The molecule has 5 nitrogen and oxygen atoms in total. The van der Waals surface area contributed by atoms with Crippen LogP contribution in [0.15, 0.2) is 57.7 Å². The van der Waals surface area contributed by atoms with Crippen LogP contribution >= 0.6 is 0 Å². The molecule has 1 heterocycles. The average Bonchev–Trinajstić information content (AvgIpc) is 2.96. The van der Waals surface area contributed by atoms with E-state index in [1.807, 2.05) is 12.1 Å². The van der Waals surface area contributed by atoms with Gasteiger partial charge < -0.3 is 14.3 Å². The van der Waals surface area contributed by atoms with E-state index in [0.29, 0.717) is 16.7 Å². The van der Waals surface area contributed by atoms with E-state index < -0.39 is 11.6 Å². The minimum absolute atomic E-state index is 0.0462. The molecule has 3 aromatic rings. The Morgan fingerprint density at radius 3 is 2.46 bits per heavy atom.